The summed E-state index contributed by atoms with van der Waals surface area (Å²) in [5, 5.41) is 14.8. The van der Waals surface area contributed by atoms with Gasteiger partial charge in [-0.3, -0.25) is 9.59 Å². The van der Waals surface area contributed by atoms with Crippen molar-refractivity contribution >= 4 is 23.0 Å². The molecule has 0 spiro atoms. The monoisotopic (exact) mass is 449 g/mol. The fourth-order valence-electron chi connectivity index (χ4n) is 3.23. The molecular formula is C24H23N3O4S. The molecule has 1 aromatic heterocycles. The topological polar surface area (TPSA) is 101 Å². The number of rotatable bonds is 9. The van der Waals surface area contributed by atoms with Crippen LogP contribution in [0.3, 0.4) is 0 Å². The minimum Gasteiger partial charge on any atom is -0.497 e. The molecule has 1 amide bonds. The van der Waals surface area contributed by atoms with Gasteiger partial charge in [-0.2, -0.15) is 5.26 Å². The summed E-state index contributed by atoms with van der Waals surface area (Å²) in [5.41, 5.74) is 2.31. The van der Waals surface area contributed by atoms with Crippen molar-refractivity contribution in [3.05, 3.63) is 64.5 Å². The predicted molar refractivity (Wildman–Crippen MR) is 122 cm³/mol. The molecule has 3 rings (SSSR count). The van der Waals surface area contributed by atoms with E-state index in [0.29, 0.717) is 16.5 Å². The number of amides is 1. The maximum absolute atomic E-state index is 13.0. The summed E-state index contributed by atoms with van der Waals surface area (Å²) in [6, 6.07) is 16.0. The maximum Gasteiger partial charge on any atom is 0.217 e. The van der Waals surface area contributed by atoms with Crippen LogP contribution < -0.4 is 14.8 Å². The fourth-order valence-corrected chi connectivity index (χ4v) is 4.12. The molecule has 3 aromatic rings. The highest BCUT2D eigenvalue weighted by atomic mass is 32.1. The van der Waals surface area contributed by atoms with Crippen molar-refractivity contribution in [2.75, 3.05) is 14.2 Å². The Kier molecular flexibility index (Phi) is 7.58. The number of ether oxygens (including phenoxy) is 2. The minimum absolute atomic E-state index is 0.0262. The molecule has 0 bridgehead atoms. The third-order valence-corrected chi connectivity index (χ3v) is 5.82. The van der Waals surface area contributed by atoms with E-state index in [-0.39, 0.29) is 18.1 Å². The van der Waals surface area contributed by atoms with Crippen LogP contribution in [0.15, 0.2) is 53.9 Å². The zero-order valence-electron chi connectivity index (χ0n) is 18.0. The van der Waals surface area contributed by atoms with Crippen LogP contribution in [0.25, 0.3) is 11.3 Å². The van der Waals surface area contributed by atoms with Crippen LogP contribution >= 0.6 is 11.3 Å². The first-order valence-corrected chi connectivity index (χ1v) is 10.8. The third kappa shape index (κ3) is 5.50. The van der Waals surface area contributed by atoms with Gasteiger partial charge in [-0.1, -0.05) is 12.1 Å². The number of hydrogen-bond acceptors (Lipinski definition) is 7. The number of carbonyl (C=O) groups excluding carboxylic acids is 2. The quantitative estimate of drug-likeness (QED) is 0.523. The van der Waals surface area contributed by atoms with Crippen molar-refractivity contribution < 1.29 is 19.1 Å². The molecular weight excluding hydrogens is 426 g/mol. The lowest BCUT2D eigenvalue weighted by Crippen LogP contribution is -2.29. The van der Waals surface area contributed by atoms with Gasteiger partial charge in [0, 0.05) is 24.3 Å². The zero-order chi connectivity index (χ0) is 23.1. The summed E-state index contributed by atoms with van der Waals surface area (Å²) in [4.78, 5) is 29.3. The van der Waals surface area contributed by atoms with Crippen molar-refractivity contribution in [3.63, 3.8) is 0 Å². The van der Waals surface area contributed by atoms with Gasteiger partial charge in [-0.25, -0.2) is 4.98 Å². The van der Waals surface area contributed by atoms with Gasteiger partial charge in [0.25, 0.3) is 0 Å². The number of ketones is 1. The van der Waals surface area contributed by atoms with E-state index in [1.165, 1.54) is 18.3 Å². The predicted octanol–water partition coefficient (Wildman–Crippen LogP) is 4.27. The Morgan fingerprint density at radius 1 is 1.06 bits per heavy atom. The van der Waals surface area contributed by atoms with E-state index in [1.807, 2.05) is 29.6 Å². The average molecular weight is 450 g/mol. The maximum atomic E-state index is 13.0. The second-order valence-corrected chi connectivity index (χ2v) is 7.95. The molecule has 0 aliphatic carbocycles. The second-order valence-electron chi connectivity index (χ2n) is 7.06. The first kappa shape index (κ1) is 23.0. The van der Waals surface area contributed by atoms with Gasteiger partial charge < -0.3 is 14.8 Å². The molecule has 0 saturated heterocycles. The van der Waals surface area contributed by atoms with E-state index < -0.39 is 12.0 Å². The standard InChI is InChI=1S/C24H23N3O4S/c1-15(28)26-21(16-4-8-18(30-2)9-5-16)12-23(29)20(13-25)24-27-22(14-32-24)17-6-10-19(31-3)11-7-17/h4-11,14,20-21H,12H2,1-3H3,(H,26,28). The smallest absolute Gasteiger partial charge is 0.217 e. The van der Waals surface area contributed by atoms with Crippen molar-refractivity contribution in [2.24, 2.45) is 0 Å². The lowest BCUT2D eigenvalue weighted by atomic mass is 9.95. The second kappa shape index (κ2) is 10.6. The van der Waals surface area contributed by atoms with Crippen LogP contribution in [0.5, 0.6) is 11.5 Å². The summed E-state index contributed by atoms with van der Waals surface area (Å²) in [6.45, 7) is 1.39. The van der Waals surface area contributed by atoms with Gasteiger partial charge in [-0.05, 0) is 42.0 Å². The lowest BCUT2D eigenvalue weighted by molar-refractivity contribution is -0.121. The van der Waals surface area contributed by atoms with E-state index in [4.69, 9.17) is 9.47 Å². The Morgan fingerprint density at radius 3 is 2.19 bits per heavy atom. The van der Waals surface area contributed by atoms with Crippen molar-refractivity contribution in [2.45, 2.75) is 25.3 Å². The van der Waals surface area contributed by atoms with E-state index in [2.05, 4.69) is 16.4 Å². The molecule has 2 aromatic carbocycles. The fraction of sp³-hybridized carbons (Fsp3) is 0.250. The van der Waals surface area contributed by atoms with E-state index in [9.17, 15) is 14.9 Å². The van der Waals surface area contributed by atoms with Gasteiger partial charge in [0.2, 0.25) is 5.91 Å². The van der Waals surface area contributed by atoms with E-state index >= 15 is 0 Å². The summed E-state index contributed by atoms with van der Waals surface area (Å²) < 4.78 is 10.3. The number of nitrogens with zero attached hydrogens (tertiary/aromatic N) is 2. The summed E-state index contributed by atoms with van der Waals surface area (Å²) in [6.07, 6.45) is -0.0262. The molecule has 164 valence electrons. The summed E-state index contributed by atoms with van der Waals surface area (Å²) >= 11 is 1.27. The lowest BCUT2D eigenvalue weighted by Gasteiger charge is -2.19. The van der Waals surface area contributed by atoms with Crippen molar-refractivity contribution in [3.8, 4) is 28.8 Å². The number of nitrogens with one attached hydrogen (secondary N) is 1. The van der Waals surface area contributed by atoms with Crippen molar-refractivity contribution in [1.82, 2.24) is 10.3 Å². The Labute approximate surface area is 190 Å². The zero-order valence-corrected chi connectivity index (χ0v) is 18.8. The first-order valence-electron chi connectivity index (χ1n) is 9.88. The van der Waals surface area contributed by atoms with Crippen LogP contribution in [0.2, 0.25) is 0 Å². The van der Waals surface area contributed by atoms with Crippen LogP contribution in [-0.4, -0.2) is 30.9 Å². The summed E-state index contributed by atoms with van der Waals surface area (Å²) in [5.74, 6) is -0.176. The number of methoxy groups -OCH3 is 2. The van der Waals surface area contributed by atoms with E-state index in [0.717, 1.165) is 16.9 Å². The van der Waals surface area contributed by atoms with Crippen LogP contribution in [0.4, 0.5) is 0 Å². The molecule has 7 nitrogen and oxygen atoms in total. The number of thiazole rings is 1. The van der Waals surface area contributed by atoms with Gasteiger partial charge in [-0.15, -0.1) is 11.3 Å². The summed E-state index contributed by atoms with van der Waals surface area (Å²) in [7, 11) is 3.16. The molecule has 0 fully saturated rings. The number of aromatic nitrogens is 1. The molecule has 1 N–H and O–H groups in total. The largest absolute Gasteiger partial charge is 0.497 e. The van der Waals surface area contributed by atoms with Gasteiger partial charge in [0.1, 0.15) is 16.5 Å². The average Bonchev–Trinajstić information content (AvgIpc) is 3.28. The van der Waals surface area contributed by atoms with Crippen LogP contribution in [-0.2, 0) is 9.59 Å². The van der Waals surface area contributed by atoms with Crippen LogP contribution in [0.1, 0.15) is 35.9 Å². The molecule has 8 heteroatoms. The number of carbonyl (C=O) groups is 2. The molecule has 0 radical (unpaired) electrons. The molecule has 0 saturated carbocycles. The van der Waals surface area contributed by atoms with Crippen LogP contribution in [0, 0.1) is 11.3 Å². The first-order chi connectivity index (χ1) is 15.4. The van der Waals surface area contributed by atoms with Crippen molar-refractivity contribution in [1.29, 1.82) is 5.26 Å². The van der Waals surface area contributed by atoms with Gasteiger partial charge in [0.15, 0.2) is 11.7 Å². The Bertz CT molecular complexity index is 1120. The number of benzene rings is 2. The molecule has 0 aliphatic rings. The molecule has 2 unspecified atom stereocenters. The normalized spacial score (nSPS) is 12.3. The number of nitriles is 1. The van der Waals surface area contributed by atoms with Gasteiger partial charge in [0.05, 0.1) is 32.0 Å². The number of hydrogen-bond donors (Lipinski definition) is 1. The minimum atomic E-state index is -1.01. The number of Topliss-reactive ketones (excluding diaryl/α,β-unsaturated/α-hetero) is 1. The Hall–Kier alpha value is -3.70. The highest BCUT2D eigenvalue weighted by molar-refractivity contribution is 7.10. The molecule has 0 aliphatic heterocycles. The van der Waals surface area contributed by atoms with E-state index in [1.54, 1.807) is 38.5 Å². The Balaban J connectivity index is 1.79. The third-order valence-electron chi connectivity index (χ3n) is 4.91. The highest BCUT2D eigenvalue weighted by Crippen LogP contribution is 2.30. The molecule has 1 heterocycles. The Morgan fingerprint density at radius 2 is 1.66 bits per heavy atom. The SMILES string of the molecule is COc1ccc(-c2csc(C(C#N)C(=O)CC(NC(C)=O)c3ccc(OC)cc3)n2)cc1. The highest BCUT2D eigenvalue weighted by Gasteiger charge is 2.27. The molecule has 2 atom stereocenters. The van der Waals surface area contributed by atoms with Gasteiger partial charge >= 0.3 is 0 Å². The molecule has 32 heavy (non-hydrogen) atoms.